The third-order valence-electron chi connectivity index (χ3n) is 19.3. The molecule has 3 N–H and O–H groups in total. The van der Waals surface area contributed by atoms with Gasteiger partial charge in [0.05, 0.1) is 25.4 Å². The second kappa shape index (κ2) is 81.0. The molecular formula is C86H161NO5. The van der Waals surface area contributed by atoms with Gasteiger partial charge in [-0.15, -0.1) is 0 Å². The van der Waals surface area contributed by atoms with Crippen LogP contribution in [0.25, 0.3) is 0 Å². The molecule has 0 radical (unpaired) electrons. The molecule has 0 fully saturated rings. The lowest BCUT2D eigenvalue weighted by Crippen LogP contribution is -2.45. The maximum absolute atomic E-state index is 12.5. The van der Waals surface area contributed by atoms with E-state index in [-0.39, 0.29) is 18.5 Å². The predicted octanol–water partition coefficient (Wildman–Crippen LogP) is 27.7. The van der Waals surface area contributed by atoms with Crippen LogP contribution >= 0.6 is 0 Å². The number of nitrogens with one attached hydrogen (secondary N) is 1. The molecular weight excluding hydrogens is 1130 g/mol. The molecule has 2 atom stereocenters. The first kappa shape index (κ1) is 89.6. The molecule has 540 valence electrons. The van der Waals surface area contributed by atoms with Gasteiger partial charge in [0.2, 0.25) is 5.91 Å². The average molecular weight is 1290 g/mol. The van der Waals surface area contributed by atoms with E-state index in [4.69, 9.17) is 4.74 Å². The number of rotatable bonds is 78. The van der Waals surface area contributed by atoms with Crippen molar-refractivity contribution in [1.29, 1.82) is 0 Å². The van der Waals surface area contributed by atoms with Crippen LogP contribution in [-0.2, 0) is 14.3 Å². The van der Waals surface area contributed by atoms with E-state index in [0.717, 1.165) is 57.8 Å². The molecule has 0 aliphatic rings. The zero-order valence-corrected chi connectivity index (χ0v) is 62.0. The molecule has 0 aromatic rings. The number of amides is 1. The zero-order chi connectivity index (χ0) is 66.3. The first-order valence-corrected chi connectivity index (χ1v) is 41.6. The van der Waals surface area contributed by atoms with Crippen LogP contribution < -0.4 is 5.32 Å². The summed E-state index contributed by atoms with van der Waals surface area (Å²) in [5, 5.41) is 23.3. The minimum absolute atomic E-state index is 0.0151. The summed E-state index contributed by atoms with van der Waals surface area (Å²) >= 11 is 0. The highest BCUT2D eigenvalue weighted by Crippen LogP contribution is 2.19. The molecule has 6 nitrogen and oxygen atoms in total. The normalized spacial score (nSPS) is 12.8. The number of aliphatic hydroxyl groups excluding tert-OH is 2. The Hall–Kier alpha value is -2.44. The molecule has 1 amide bonds. The van der Waals surface area contributed by atoms with E-state index in [1.807, 2.05) is 6.08 Å². The van der Waals surface area contributed by atoms with Gasteiger partial charge in [-0.25, -0.2) is 0 Å². The van der Waals surface area contributed by atoms with Crippen molar-refractivity contribution in [2.24, 2.45) is 0 Å². The standard InChI is InChI=1S/C86H161NO5/c1-3-5-7-9-11-13-15-17-19-21-42-46-50-54-58-62-66-70-74-78-84(89)83(82-88)87-85(90)79-75-71-67-63-59-55-51-47-44-40-38-36-34-32-30-28-26-24-23-25-27-29-31-33-35-37-39-41-45-49-53-57-61-65-69-73-77-81-92-86(91)80-76-72-68-64-60-56-52-48-43-22-20-18-16-14-12-10-8-6-4-2/h12,14,18,20,23,25,29,31,74,78,83-84,88-89H,3-11,13,15-17,19,21-22,24,26-28,30,32-73,75-77,79-82H2,1-2H3,(H,87,90)/b14-12-,20-18-,25-23-,31-29-,78-74+. The maximum atomic E-state index is 12.5. The van der Waals surface area contributed by atoms with Gasteiger partial charge in [-0.1, -0.05) is 402 Å². The Bertz CT molecular complexity index is 1580. The second-order valence-corrected chi connectivity index (χ2v) is 28.4. The van der Waals surface area contributed by atoms with Crippen molar-refractivity contribution in [3.63, 3.8) is 0 Å². The SMILES string of the molecule is CCCCC/C=C\C/C=C\CCCCCCCCCCCC(=O)OCCCCCCCCCCCCCCC/C=C\C/C=C\CCCCCCCCCCCCCCCCCCCC(=O)NC(CO)C(O)/C=C/CCCCCCCCCCCCCCCCCCC. The Morgan fingerprint density at radius 2 is 0.543 bits per heavy atom. The summed E-state index contributed by atoms with van der Waals surface area (Å²) in [4.78, 5) is 24.7. The van der Waals surface area contributed by atoms with Gasteiger partial charge in [0.25, 0.3) is 0 Å². The number of esters is 1. The van der Waals surface area contributed by atoms with Gasteiger partial charge >= 0.3 is 5.97 Å². The van der Waals surface area contributed by atoms with Crippen molar-refractivity contribution in [1.82, 2.24) is 5.32 Å². The van der Waals surface area contributed by atoms with E-state index in [9.17, 15) is 19.8 Å². The summed E-state index contributed by atoms with van der Waals surface area (Å²) < 4.78 is 5.51. The minimum atomic E-state index is -0.844. The van der Waals surface area contributed by atoms with Crippen LogP contribution in [0.4, 0.5) is 0 Å². The summed E-state index contributed by atoms with van der Waals surface area (Å²) in [5.74, 6) is -0.0465. The van der Waals surface area contributed by atoms with E-state index in [1.54, 1.807) is 6.08 Å². The highest BCUT2D eigenvalue weighted by Gasteiger charge is 2.18. The van der Waals surface area contributed by atoms with Gasteiger partial charge in [-0.05, 0) is 96.3 Å². The van der Waals surface area contributed by atoms with E-state index < -0.39 is 12.1 Å². The van der Waals surface area contributed by atoms with Crippen LogP contribution in [0.15, 0.2) is 60.8 Å². The van der Waals surface area contributed by atoms with Crippen LogP contribution in [0.2, 0.25) is 0 Å². The van der Waals surface area contributed by atoms with Gasteiger partial charge in [-0.2, -0.15) is 0 Å². The highest BCUT2D eigenvalue weighted by molar-refractivity contribution is 5.76. The number of unbranched alkanes of at least 4 members (excludes halogenated alkanes) is 59. The molecule has 0 aliphatic heterocycles. The number of ether oxygens (including phenoxy) is 1. The van der Waals surface area contributed by atoms with Crippen molar-refractivity contribution >= 4 is 11.9 Å². The largest absolute Gasteiger partial charge is 0.466 e. The number of allylic oxidation sites excluding steroid dienone is 9. The van der Waals surface area contributed by atoms with E-state index >= 15 is 0 Å². The quantitative estimate of drug-likeness (QED) is 0.0320. The molecule has 0 aliphatic carbocycles. The molecule has 0 spiro atoms. The monoisotopic (exact) mass is 1290 g/mol. The molecule has 92 heavy (non-hydrogen) atoms. The van der Waals surface area contributed by atoms with Gasteiger partial charge in [-0.3, -0.25) is 9.59 Å². The fraction of sp³-hybridized carbons (Fsp3) is 0.860. The maximum Gasteiger partial charge on any atom is 0.305 e. The lowest BCUT2D eigenvalue weighted by atomic mass is 10.0. The average Bonchev–Trinajstić information content (AvgIpc) is 3.61. The molecule has 0 saturated carbocycles. The zero-order valence-electron chi connectivity index (χ0n) is 62.0. The highest BCUT2D eigenvalue weighted by atomic mass is 16.5. The van der Waals surface area contributed by atoms with Crippen molar-refractivity contribution in [2.45, 2.75) is 463 Å². The Morgan fingerprint density at radius 1 is 0.304 bits per heavy atom. The number of carbonyl (C=O) groups excluding carboxylic acids is 2. The molecule has 2 unspecified atom stereocenters. The first-order chi connectivity index (χ1) is 45.5. The van der Waals surface area contributed by atoms with Gasteiger partial charge < -0.3 is 20.3 Å². The molecule has 0 bridgehead atoms. The summed E-state index contributed by atoms with van der Waals surface area (Å²) in [5.41, 5.74) is 0. The number of hydrogen-bond acceptors (Lipinski definition) is 5. The lowest BCUT2D eigenvalue weighted by molar-refractivity contribution is -0.143. The topological polar surface area (TPSA) is 95.9 Å². The Morgan fingerprint density at radius 3 is 0.848 bits per heavy atom. The van der Waals surface area contributed by atoms with Crippen molar-refractivity contribution in [2.75, 3.05) is 13.2 Å². The number of hydrogen-bond donors (Lipinski definition) is 3. The van der Waals surface area contributed by atoms with Crippen molar-refractivity contribution in [3.8, 4) is 0 Å². The molecule has 0 saturated heterocycles. The summed E-state index contributed by atoms with van der Waals surface area (Å²) in [7, 11) is 0. The Labute approximate surface area is 575 Å². The fourth-order valence-corrected chi connectivity index (χ4v) is 12.9. The second-order valence-electron chi connectivity index (χ2n) is 28.4. The number of aliphatic hydroxyl groups is 2. The first-order valence-electron chi connectivity index (χ1n) is 41.6. The molecule has 6 heteroatoms. The van der Waals surface area contributed by atoms with Crippen LogP contribution in [0.3, 0.4) is 0 Å². The predicted molar refractivity (Wildman–Crippen MR) is 407 cm³/mol. The van der Waals surface area contributed by atoms with Crippen LogP contribution in [0.1, 0.15) is 450 Å². The number of carbonyl (C=O) groups is 2. The third kappa shape index (κ3) is 76.6. The van der Waals surface area contributed by atoms with E-state index in [0.29, 0.717) is 19.4 Å². The van der Waals surface area contributed by atoms with Crippen molar-refractivity contribution < 1.29 is 24.5 Å². The summed E-state index contributed by atoms with van der Waals surface area (Å²) in [6, 6.07) is -0.627. The smallest absolute Gasteiger partial charge is 0.305 e. The van der Waals surface area contributed by atoms with Crippen LogP contribution in [0, 0.1) is 0 Å². The third-order valence-corrected chi connectivity index (χ3v) is 19.3. The van der Waals surface area contributed by atoms with Crippen LogP contribution in [0.5, 0.6) is 0 Å². The van der Waals surface area contributed by atoms with Gasteiger partial charge in [0.15, 0.2) is 0 Å². The van der Waals surface area contributed by atoms with Gasteiger partial charge in [0, 0.05) is 12.8 Å². The van der Waals surface area contributed by atoms with Gasteiger partial charge in [0.1, 0.15) is 0 Å². The van der Waals surface area contributed by atoms with Crippen molar-refractivity contribution in [3.05, 3.63) is 60.8 Å². The Balaban J connectivity index is 3.37. The van der Waals surface area contributed by atoms with E-state index in [2.05, 4.69) is 67.8 Å². The van der Waals surface area contributed by atoms with E-state index in [1.165, 1.54) is 366 Å². The van der Waals surface area contributed by atoms with Crippen LogP contribution in [-0.4, -0.2) is 47.4 Å². The summed E-state index contributed by atoms with van der Waals surface area (Å²) in [6.07, 6.45) is 109. The summed E-state index contributed by atoms with van der Waals surface area (Å²) in [6.45, 7) is 4.92. The Kier molecular flexibility index (Phi) is 78.8. The molecule has 0 aromatic heterocycles. The lowest BCUT2D eigenvalue weighted by Gasteiger charge is -2.20. The molecule has 0 heterocycles. The fourth-order valence-electron chi connectivity index (χ4n) is 12.9. The molecule has 0 aromatic carbocycles. The molecule has 0 rings (SSSR count). The minimum Gasteiger partial charge on any atom is -0.466 e.